The second kappa shape index (κ2) is 4.31. The van der Waals surface area contributed by atoms with Crippen LogP contribution < -0.4 is 5.73 Å². The molecule has 2 N–H and O–H groups in total. The lowest BCUT2D eigenvalue weighted by molar-refractivity contribution is 0.418. The first-order valence-electron chi connectivity index (χ1n) is 4.62. The average Bonchev–Trinajstić information content (AvgIpc) is 2.71. The molecule has 0 saturated carbocycles. The van der Waals surface area contributed by atoms with Crippen molar-refractivity contribution in [2.24, 2.45) is 5.73 Å². The second-order valence-corrected chi connectivity index (χ2v) is 4.23. The summed E-state index contributed by atoms with van der Waals surface area (Å²) in [5.41, 5.74) is 6.25. The van der Waals surface area contributed by atoms with E-state index in [9.17, 15) is 4.39 Å². The van der Waals surface area contributed by atoms with Crippen molar-refractivity contribution in [2.75, 3.05) is 0 Å². The molecule has 2 rings (SSSR count). The summed E-state index contributed by atoms with van der Waals surface area (Å²) < 4.78 is 18.4. The van der Waals surface area contributed by atoms with Gasteiger partial charge in [0.15, 0.2) is 5.82 Å². The number of rotatable bonds is 2. The molecule has 1 atom stereocenters. The molecule has 4 nitrogen and oxygen atoms in total. The van der Waals surface area contributed by atoms with Gasteiger partial charge in [0, 0.05) is 5.56 Å². The molecule has 16 heavy (non-hydrogen) atoms. The zero-order valence-electron chi connectivity index (χ0n) is 8.45. The number of benzene rings is 1. The van der Waals surface area contributed by atoms with Crippen LogP contribution in [0.4, 0.5) is 4.39 Å². The number of hydrogen-bond acceptors (Lipinski definition) is 4. The Morgan fingerprint density at radius 1 is 1.50 bits per heavy atom. The van der Waals surface area contributed by atoms with Crippen LogP contribution in [0.1, 0.15) is 18.8 Å². The number of hydrogen-bond donors (Lipinski definition) is 1. The van der Waals surface area contributed by atoms with Gasteiger partial charge in [0.2, 0.25) is 0 Å². The predicted octanol–water partition coefficient (Wildman–Crippen LogP) is 2.66. The minimum atomic E-state index is -0.337. The van der Waals surface area contributed by atoms with Gasteiger partial charge in [0.25, 0.3) is 5.89 Å². The molecule has 0 fully saturated rings. The van der Waals surface area contributed by atoms with Crippen LogP contribution in [-0.2, 0) is 0 Å². The molecule has 2 aromatic rings. The molecule has 6 heteroatoms. The third kappa shape index (κ3) is 2.12. The monoisotopic (exact) mass is 285 g/mol. The van der Waals surface area contributed by atoms with Gasteiger partial charge >= 0.3 is 0 Å². The lowest BCUT2D eigenvalue weighted by Gasteiger charge is -1.97. The smallest absolute Gasteiger partial charge is 0.258 e. The standard InChI is InChI=1S/C10H9BrFN3O/c1-5(13)9-14-10(16-15-9)6-2-3-8(12)7(11)4-6/h2-5H,13H2,1H3. The van der Waals surface area contributed by atoms with Crippen molar-refractivity contribution in [2.45, 2.75) is 13.0 Å². The number of halogens is 2. The highest BCUT2D eigenvalue weighted by Crippen LogP contribution is 2.24. The maximum absolute atomic E-state index is 13.0. The molecule has 0 aliphatic carbocycles. The Balaban J connectivity index is 2.39. The van der Waals surface area contributed by atoms with Crippen LogP contribution in [0.15, 0.2) is 27.2 Å². The molecular formula is C10H9BrFN3O. The van der Waals surface area contributed by atoms with Crippen LogP contribution in [0.5, 0.6) is 0 Å². The van der Waals surface area contributed by atoms with Crippen LogP contribution in [-0.4, -0.2) is 10.1 Å². The van der Waals surface area contributed by atoms with Crippen molar-refractivity contribution in [1.29, 1.82) is 0 Å². The molecule has 1 aromatic carbocycles. The quantitative estimate of drug-likeness (QED) is 0.921. The van der Waals surface area contributed by atoms with Gasteiger partial charge in [-0.2, -0.15) is 4.98 Å². The lowest BCUT2D eigenvalue weighted by Crippen LogP contribution is -2.06. The number of aromatic nitrogens is 2. The van der Waals surface area contributed by atoms with Crippen molar-refractivity contribution in [3.63, 3.8) is 0 Å². The van der Waals surface area contributed by atoms with E-state index in [2.05, 4.69) is 26.1 Å². The fourth-order valence-electron chi connectivity index (χ4n) is 1.17. The van der Waals surface area contributed by atoms with Gasteiger partial charge in [-0.05, 0) is 41.1 Å². The summed E-state index contributed by atoms with van der Waals surface area (Å²) in [7, 11) is 0. The summed E-state index contributed by atoms with van der Waals surface area (Å²) in [5, 5.41) is 3.72. The van der Waals surface area contributed by atoms with Crippen molar-refractivity contribution in [3.05, 3.63) is 34.3 Å². The largest absolute Gasteiger partial charge is 0.334 e. The van der Waals surface area contributed by atoms with Gasteiger partial charge < -0.3 is 10.3 Å². The van der Waals surface area contributed by atoms with E-state index in [4.69, 9.17) is 10.3 Å². The zero-order valence-corrected chi connectivity index (χ0v) is 10.0. The first-order valence-corrected chi connectivity index (χ1v) is 5.42. The van der Waals surface area contributed by atoms with E-state index in [-0.39, 0.29) is 11.9 Å². The van der Waals surface area contributed by atoms with E-state index in [0.717, 1.165) is 0 Å². The van der Waals surface area contributed by atoms with Crippen molar-refractivity contribution >= 4 is 15.9 Å². The van der Waals surface area contributed by atoms with Gasteiger partial charge in [-0.25, -0.2) is 4.39 Å². The molecule has 1 heterocycles. The molecule has 1 unspecified atom stereocenters. The van der Waals surface area contributed by atoms with Gasteiger partial charge in [0.05, 0.1) is 10.5 Å². The topological polar surface area (TPSA) is 64.9 Å². The fraction of sp³-hybridized carbons (Fsp3) is 0.200. The van der Waals surface area contributed by atoms with E-state index in [1.54, 1.807) is 19.1 Å². The highest BCUT2D eigenvalue weighted by Gasteiger charge is 2.12. The molecule has 0 amide bonds. The van der Waals surface area contributed by atoms with Crippen molar-refractivity contribution < 1.29 is 8.91 Å². The maximum Gasteiger partial charge on any atom is 0.258 e. The molecule has 0 aliphatic heterocycles. The minimum absolute atomic E-state index is 0.290. The Morgan fingerprint density at radius 2 is 2.25 bits per heavy atom. The SMILES string of the molecule is CC(N)c1noc(-c2ccc(F)c(Br)c2)n1. The Bertz CT molecular complexity index is 513. The van der Waals surface area contributed by atoms with E-state index >= 15 is 0 Å². The summed E-state index contributed by atoms with van der Waals surface area (Å²) in [6, 6.07) is 4.18. The van der Waals surface area contributed by atoms with Crippen LogP contribution >= 0.6 is 15.9 Å². The van der Waals surface area contributed by atoms with Crippen molar-refractivity contribution in [1.82, 2.24) is 10.1 Å². The van der Waals surface area contributed by atoms with Crippen LogP contribution in [0, 0.1) is 5.82 Å². The lowest BCUT2D eigenvalue weighted by atomic mass is 10.2. The molecule has 1 aromatic heterocycles. The molecule has 84 valence electrons. The van der Waals surface area contributed by atoms with E-state index in [0.29, 0.717) is 21.8 Å². The summed E-state index contributed by atoms with van der Waals surface area (Å²) in [4.78, 5) is 4.10. The molecule has 0 spiro atoms. The first kappa shape index (κ1) is 11.2. The average molecular weight is 286 g/mol. The van der Waals surface area contributed by atoms with Gasteiger partial charge in [-0.1, -0.05) is 5.16 Å². The third-order valence-corrected chi connectivity index (χ3v) is 2.62. The molecular weight excluding hydrogens is 277 g/mol. The van der Waals surface area contributed by atoms with Gasteiger partial charge in [-0.3, -0.25) is 0 Å². The summed E-state index contributed by atoms with van der Waals surface area (Å²) in [5.74, 6) is 0.416. The van der Waals surface area contributed by atoms with Gasteiger partial charge in [0.1, 0.15) is 5.82 Å². The Kier molecular flexibility index (Phi) is 3.02. The predicted molar refractivity (Wildman–Crippen MR) is 60.0 cm³/mol. The maximum atomic E-state index is 13.0. The molecule has 0 bridgehead atoms. The Labute approximate surface area is 99.8 Å². The van der Waals surface area contributed by atoms with Gasteiger partial charge in [-0.15, -0.1) is 0 Å². The van der Waals surface area contributed by atoms with Crippen LogP contribution in [0.25, 0.3) is 11.5 Å². The highest BCUT2D eigenvalue weighted by molar-refractivity contribution is 9.10. The van der Waals surface area contributed by atoms with Crippen LogP contribution in [0.2, 0.25) is 0 Å². The second-order valence-electron chi connectivity index (χ2n) is 3.38. The first-order chi connectivity index (χ1) is 7.58. The van der Waals surface area contributed by atoms with E-state index in [1.165, 1.54) is 6.07 Å². The summed E-state index contributed by atoms with van der Waals surface area (Å²) >= 11 is 3.09. The normalized spacial score (nSPS) is 12.8. The van der Waals surface area contributed by atoms with E-state index in [1.807, 2.05) is 0 Å². The van der Waals surface area contributed by atoms with E-state index < -0.39 is 0 Å². The summed E-state index contributed by atoms with van der Waals surface area (Å²) in [6.07, 6.45) is 0. The Hall–Kier alpha value is -1.27. The summed E-state index contributed by atoms with van der Waals surface area (Å²) in [6.45, 7) is 1.76. The number of nitrogens with zero attached hydrogens (tertiary/aromatic N) is 2. The zero-order chi connectivity index (χ0) is 11.7. The van der Waals surface area contributed by atoms with Crippen molar-refractivity contribution in [3.8, 4) is 11.5 Å². The molecule has 0 saturated heterocycles. The minimum Gasteiger partial charge on any atom is -0.334 e. The molecule has 0 aliphatic rings. The Morgan fingerprint density at radius 3 is 2.81 bits per heavy atom. The fourth-order valence-corrected chi connectivity index (χ4v) is 1.55. The number of nitrogens with two attached hydrogens (primary N) is 1. The highest BCUT2D eigenvalue weighted by atomic mass is 79.9. The van der Waals surface area contributed by atoms with Crippen LogP contribution in [0.3, 0.4) is 0 Å². The third-order valence-electron chi connectivity index (χ3n) is 2.02. The molecule has 0 radical (unpaired) electrons.